The van der Waals surface area contributed by atoms with Crippen molar-refractivity contribution < 1.29 is 26.1 Å². The largest absolute Gasteiger partial charge is 0.464 e. The average molecular weight is 1030 g/mol. The topological polar surface area (TPSA) is 106 Å². The highest BCUT2D eigenvalue weighted by atomic mass is 32.2. The van der Waals surface area contributed by atoms with Crippen molar-refractivity contribution in [3.63, 3.8) is 0 Å². The van der Waals surface area contributed by atoms with Crippen LogP contribution in [-0.2, 0) is 9.84 Å². The van der Waals surface area contributed by atoms with Gasteiger partial charge in [-0.15, -0.1) is 0 Å². The molecule has 0 bridgehead atoms. The number of fused-ring (bicyclic) bond motifs is 11. The fraction of sp³-hybridized carbons (Fsp3) is 0.0448. The summed E-state index contributed by atoms with van der Waals surface area (Å²) < 4.78 is 62.2. The number of aromatic nitrogens is 4. The van der Waals surface area contributed by atoms with Crippen LogP contribution >= 0.6 is 0 Å². The first kappa shape index (κ1) is 43.3. The van der Waals surface area contributed by atoms with Crippen LogP contribution in [0.5, 0.6) is 0 Å². The molecule has 8 aromatic carbocycles. The summed E-state index contributed by atoms with van der Waals surface area (Å²) in [6.07, 6.45) is 13.6. The van der Waals surface area contributed by atoms with Gasteiger partial charge in [0.2, 0.25) is 9.84 Å². The lowest BCUT2D eigenvalue weighted by atomic mass is 9.94. The number of nitrogens with zero attached hydrogens (tertiary/aromatic N) is 4. The first-order valence-electron chi connectivity index (χ1n) is 25.9. The fourth-order valence-electron chi connectivity index (χ4n) is 12.6. The van der Waals surface area contributed by atoms with Crippen molar-refractivity contribution in [2.75, 3.05) is 0 Å². The van der Waals surface area contributed by atoms with Crippen LogP contribution in [0.2, 0.25) is 0 Å². The monoisotopic (exact) mass is 1030 g/mol. The summed E-state index contributed by atoms with van der Waals surface area (Å²) in [5.74, 6) is 0.861. The first-order chi connectivity index (χ1) is 38.1. The second-order valence-corrected chi connectivity index (χ2v) is 22.7. The van der Waals surface area contributed by atoms with E-state index in [0.29, 0.717) is 11.1 Å². The molecule has 10 nitrogen and oxygen atoms in total. The minimum Gasteiger partial charge on any atom is -0.464 e. The van der Waals surface area contributed by atoms with Gasteiger partial charge < -0.3 is 35.9 Å². The Kier molecular flexibility index (Phi) is 8.51. The molecule has 0 N–H and O–H groups in total. The molecule has 0 fully saturated rings. The summed E-state index contributed by atoms with van der Waals surface area (Å²) in [7, 11) is -3.86. The van der Waals surface area contributed by atoms with Gasteiger partial charge in [-0.3, -0.25) is 0 Å². The van der Waals surface area contributed by atoms with E-state index < -0.39 is 9.84 Å². The summed E-state index contributed by atoms with van der Waals surface area (Å²) in [6, 6.07) is 54.1. The minimum atomic E-state index is -3.86. The van der Waals surface area contributed by atoms with Crippen molar-refractivity contribution in [2.24, 2.45) is 0 Å². The molecule has 9 heterocycles. The van der Waals surface area contributed by atoms with Crippen LogP contribution in [0, 0.1) is 20.8 Å². The first-order valence-corrected chi connectivity index (χ1v) is 27.4. The van der Waals surface area contributed by atoms with E-state index in [0.717, 1.165) is 149 Å². The van der Waals surface area contributed by atoms with E-state index >= 15 is 0 Å². The Morgan fingerprint density at radius 2 is 0.692 bits per heavy atom. The molecule has 78 heavy (non-hydrogen) atoms. The van der Waals surface area contributed by atoms with Crippen LogP contribution in [0.15, 0.2) is 229 Å². The quantitative estimate of drug-likeness (QED) is 0.164. The molecule has 0 saturated heterocycles. The highest BCUT2D eigenvalue weighted by Gasteiger charge is 2.34. The van der Waals surface area contributed by atoms with E-state index in [1.165, 1.54) is 0 Å². The Hall–Kier alpha value is -9.97. The number of hydrogen-bond acceptors (Lipinski definition) is 6. The van der Waals surface area contributed by atoms with Gasteiger partial charge in [0.25, 0.3) is 0 Å². The molecule has 1 aliphatic heterocycles. The zero-order valence-electron chi connectivity index (χ0n) is 42.2. The lowest BCUT2D eigenvalue weighted by Gasteiger charge is -2.19. The normalized spacial score (nSPS) is 13.3. The molecule has 0 amide bonds. The Morgan fingerprint density at radius 1 is 0.333 bits per heavy atom. The number of aryl methyl sites for hydroxylation is 1. The van der Waals surface area contributed by atoms with Crippen LogP contribution in [0.4, 0.5) is 0 Å². The second-order valence-electron chi connectivity index (χ2n) is 20.9. The standard InChI is InChI=1S/C67H42N4O6S/c1-37-22-51-26-45-11-18-71(61(45)36-65(51)77-37)57-32-50(31-56(39(57)3)70-17-10-44-25-48-14-21-76-64(48)35-60(44)70)41-5-7-67-53(28-41)52-27-40(4-6-66(52)78(67,72)73)49-29-54(68-15-8-42-23-46-12-19-74-62(46)33-58(42)68)38(2)55(30-49)69-16-9-43-24-47-13-20-75-63(47)34-59(43)69/h4-36H,1-3H3. The molecule has 372 valence electrons. The molecule has 0 aliphatic carbocycles. The third-order valence-corrected chi connectivity index (χ3v) is 18.4. The van der Waals surface area contributed by atoms with E-state index in [1.54, 1.807) is 30.9 Å². The second kappa shape index (κ2) is 15.3. The van der Waals surface area contributed by atoms with E-state index in [-0.39, 0.29) is 9.79 Å². The molecule has 1 aliphatic rings. The van der Waals surface area contributed by atoms with Crippen molar-refractivity contribution in [3.05, 3.63) is 218 Å². The maximum atomic E-state index is 14.7. The number of benzene rings is 8. The third kappa shape index (κ3) is 6.10. The lowest BCUT2D eigenvalue weighted by molar-refractivity contribution is 0.579. The Labute approximate surface area is 444 Å². The van der Waals surface area contributed by atoms with Crippen LogP contribution in [0.25, 0.3) is 144 Å². The molecule has 0 unspecified atom stereocenters. The molecule has 0 saturated carbocycles. The maximum Gasteiger partial charge on any atom is 0.207 e. The smallest absolute Gasteiger partial charge is 0.207 e. The van der Waals surface area contributed by atoms with Crippen LogP contribution in [-0.4, -0.2) is 26.7 Å². The Bertz CT molecular complexity index is 5280. The molecule has 0 spiro atoms. The van der Waals surface area contributed by atoms with Gasteiger partial charge in [0, 0.05) is 103 Å². The molecular formula is C67H42N4O6S. The minimum absolute atomic E-state index is 0.287. The zero-order chi connectivity index (χ0) is 51.9. The van der Waals surface area contributed by atoms with E-state index in [1.807, 2.05) is 37.3 Å². The number of sulfone groups is 1. The summed E-state index contributed by atoms with van der Waals surface area (Å²) in [5.41, 5.74) is 18.3. The summed E-state index contributed by atoms with van der Waals surface area (Å²) in [6.45, 7) is 6.29. The van der Waals surface area contributed by atoms with Crippen molar-refractivity contribution in [2.45, 2.75) is 30.6 Å². The average Bonchev–Trinajstić information content (AvgIpc) is 4.48. The van der Waals surface area contributed by atoms with Crippen LogP contribution in [0.1, 0.15) is 16.9 Å². The molecule has 8 aromatic heterocycles. The van der Waals surface area contributed by atoms with Crippen molar-refractivity contribution in [1.29, 1.82) is 0 Å². The molecule has 0 radical (unpaired) electrons. The summed E-state index contributed by atoms with van der Waals surface area (Å²) >= 11 is 0. The van der Waals surface area contributed by atoms with Gasteiger partial charge in [0.15, 0.2) is 0 Å². The highest BCUT2D eigenvalue weighted by Crippen LogP contribution is 2.48. The van der Waals surface area contributed by atoms with E-state index in [2.05, 4.69) is 172 Å². The van der Waals surface area contributed by atoms with Crippen molar-refractivity contribution in [1.82, 2.24) is 18.3 Å². The van der Waals surface area contributed by atoms with Gasteiger partial charge in [0.05, 0.1) is 73.4 Å². The summed E-state index contributed by atoms with van der Waals surface area (Å²) in [5, 5.41) is 8.56. The fourth-order valence-corrected chi connectivity index (χ4v) is 14.2. The molecule has 11 heteroatoms. The zero-order valence-corrected chi connectivity index (χ0v) is 43.0. The van der Waals surface area contributed by atoms with Crippen LogP contribution in [0.3, 0.4) is 0 Å². The van der Waals surface area contributed by atoms with Gasteiger partial charge in [-0.05, 0) is 175 Å². The number of hydrogen-bond donors (Lipinski definition) is 0. The number of furan rings is 4. The predicted octanol–water partition coefficient (Wildman–Crippen LogP) is 17.5. The van der Waals surface area contributed by atoms with Crippen molar-refractivity contribution in [3.8, 4) is 56.1 Å². The Morgan fingerprint density at radius 3 is 1.08 bits per heavy atom. The van der Waals surface area contributed by atoms with Gasteiger partial charge in [-0.2, -0.15) is 0 Å². The molecule has 17 rings (SSSR count). The highest BCUT2D eigenvalue weighted by molar-refractivity contribution is 7.92. The van der Waals surface area contributed by atoms with Gasteiger partial charge in [-0.25, -0.2) is 8.42 Å². The molecule has 16 aromatic rings. The van der Waals surface area contributed by atoms with Gasteiger partial charge in [0.1, 0.15) is 28.1 Å². The molecular weight excluding hydrogens is 989 g/mol. The Balaban J connectivity index is 0.856. The van der Waals surface area contributed by atoms with E-state index in [4.69, 9.17) is 17.7 Å². The molecule has 0 atom stereocenters. The predicted molar refractivity (Wildman–Crippen MR) is 309 cm³/mol. The summed E-state index contributed by atoms with van der Waals surface area (Å²) in [4.78, 5) is 0.575. The van der Waals surface area contributed by atoms with Crippen molar-refractivity contribution >= 4 is 97.3 Å². The number of rotatable bonds is 6. The maximum absolute atomic E-state index is 14.7. The van der Waals surface area contributed by atoms with Gasteiger partial charge in [-0.1, -0.05) is 12.1 Å². The van der Waals surface area contributed by atoms with E-state index in [9.17, 15) is 8.42 Å². The van der Waals surface area contributed by atoms with Crippen LogP contribution < -0.4 is 0 Å². The van der Waals surface area contributed by atoms with Gasteiger partial charge >= 0.3 is 0 Å². The third-order valence-electron chi connectivity index (χ3n) is 16.5. The lowest BCUT2D eigenvalue weighted by Crippen LogP contribution is -2.03. The SMILES string of the molecule is Cc1cc2cc3ccn(-c4cc(-c5ccc6c(c5)-c5cc(-c7cc(-n8ccc9cc%10ccoc%10cc98)c(C)c(-n8ccc9cc%10ccoc%10cc98)c7)ccc5S6(=O)=O)cc(-n5ccc6cc7ccoc7cc65)c4C)c3cc2o1.